The highest BCUT2D eigenvalue weighted by Crippen LogP contribution is 2.25. The fraction of sp³-hybridized carbons (Fsp3) is 0.533. The van der Waals surface area contributed by atoms with Crippen LogP contribution in [0.3, 0.4) is 0 Å². The van der Waals surface area contributed by atoms with Gasteiger partial charge in [0.1, 0.15) is 0 Å². The van der Waals surface area contributed by atoms with Crippen molar-refractivity contribution in [3.05, 3.63) is 39.9 Å². The molecule has 1 aliphatic rings. The molecule has 1 amide bonds. The quantitative estimate of drug-likeness (QED) is 0.677. The molecule has 0 heterocycles. The second-order valence-corrected chi connectivity index (χ2v) is 5.41. The summed E-state index contributed by atoms with van der Waals surface area (Å²) in [5.41, 5.74) is 0.958. The molecule has 1 aliphatic carbocycles. The third kappa shape index (κ3) is 3.56. The second-order valence-electron chi connectivity index (χ2n) is 5.41. The van der Waals surface area contributed by atoms with Crippen LogP contribution in [-0.2, 0) is 4.79 Å². The fourth-order valence-corrected chi connectivity index (χ4v) is 2.66. The molecule has 0 saturated heterocycles. The minimum absolute atomic E-state index is 0.0690. The molecule has 20 heavy (non-hydrogen) atoms. The maximum Gasteiger partial charge on any atom is 0.269 e. The van der Waals surface area contributed by atoms with Crippen LogP contribution < -0.4 is 5.32 Å². The lowest BCUT2D eigenvalue weighted by Crippen LogP contribution is -2.33. The molecule has 1 aromatic rings. The van der Waals surface area contributed by atoms with Crippen molar-refractivity contribution in [1.29, 1.82) is 0 Å². The van der Waals surface area contributed by atoms with Gasteiger partial charge in [0.15, 0.2) is 0 Å². The highest BCUT2D eigenvalue weighted by atomic mass is 16.6. The van der Waals surface area contributed by atoms with Gasteiger partial charge in [0.05, 0.1) is 11.0 Å². The summed E-state index contributed by atoms with van der Waals surface area (Å²) in [6, 6.07) is 6.22. The van der Waals surface area contributed by atoms with Gasteiger partial charge in [0.25, 0.3) is 5.69 Å². The van der Waals surface area contributed by atoms with Crippen molar-refractivity contribution < 1.29 is 9.72 Å². The van der Waals surface area contributed by atoms with Crippen LogP contribution in [0.1, 0.15) is 50.6 Å². The molecule has 1 unspecified atom stereocenters. The van der Waals surface area contributed by atoms with E-state index in [0.717, 1.165) is 31.2 Å². The van der Waals surface area contributed by atoms with E-state index in [9.17, 15) is 14.9 Å². The first-order valence-corrected chi connectivity index (χ1v) is 7.12. The first kappa shape index (κ1) is 14.5. The largest absolute Gasteiger partial charge is 0.349 e. The number of benzene rings is 1. The summed E-state index contributed by atoms with van der Waals surface area (Å²) in [4.78, 5) is 22.3. The summed E-state index contributed by atoms with van der Waals surface area (Å²) in [6.07, 6.45) is 5.42. The fourth-order valence-electron chi connectivity index (χ4n) is 2.66. The van der Waals surface area contributed by atoms with Gasteiger partial charge in [0.2, 0.25) is 5.91 Å². The number of non-ortho nitro benzene ring substituents is 1. The van der Waals surface area contributed by atoms with Gasteiger partial charge >= 0.3 is 0 Å². The first-order chi connectivity index (χ1) is 9.58. The Hall–Kier alpha value is -1.91. The van der Waals surface area contributed by atoms with E-state index in [-0.39, 0.29) is 23.6 Å². The molecule has 1 N–H and O–H groups in total. The Morgan fingerprint density at radius 3 is 2.40 bits per heavy atom. The predicted octanol–water partition coefficient (Wildman–Crippen LogP) is 3.35. The van der Waals surface area contributed by atoms with Crippen LogP contribution in [0.2, 0.25) is 0 Å². The Kier molecular flexibility index (Phi) is 4.71. The van der Waals surface area contributed by atoms with E-state index in [1.54, 1.807) is 12.1 Å². The molecule has 1 atom stereocenters. The van der Waals surface area contributed by atoms with Crippen molar-refractivity contribution in [2.45, 2.75) is 45.1 Å². The first-order valence-electron chi connectivity index (χ1n) is 7.12. The number of hydrogen-bond acceptors (Lipinski definition) is 3. The van der Waals surface area contributed by atoms with E-state index in [4.69, 9.17) is 0 Å². The average Bonchev–Trinajstić information content (AvgIpc) is 2.48. The number of nitro benzene ring substituents is 1. The number of amides is 1. The van der Waals surface area contributed by atoms with Gasteiger partial charge in [-0.1, -0.05) is 31.4 Å². The summed E-state index contributed by atoms with van der Waals surface area (Å²) in [7, 11) is 0. The van der Waals surface area contributed by atoms with Crippen LogP contribution in [0.25, 0.3) is 0 Å². The number of nitrogens with one attached hydrogen (secondary N) is 1. The van der Waals surface area contributed by atoms with E-state index in [0.29, 0.717) is 0 Å². The molecule has 2 rings (SSSR count). The standard InChI is InChI=1S/C15H20N2O3/c1-11(12-7-9-14(10-8-12)17(19)20)16-15(18)13-5-3-2-4-6-13/h7-11,13H,2-6H2,1H3,(H,16,18). The summed E-state index contributed by atoms with van der Waals surface area (Å²) in [5, 5.41) is 13.6. The van der Waals surface area contributed by atoms with Gasteiger partial charge < -0.3 is 5.32 Å². The Labute approximate surface area is 118 Å². The van der Waals surface area contributed by atoms with Crippen LogP contribution in [0.5, 0.6) is 0 Å². The number of hydrogen-bond donors (Lipinski definition) is 1. The minimum atomic E-state index is -0.422. The van der Waals surface area contributed by atoms with Crippen molar-refractivity contribution in [3.63, 3.8) is 0 Å². The number of rotatable bonds is 4. The summed E-state index contributed by atoms with van der Waals surface area (Å²) in [5.74, 6) is 0.236. The van der Waals surface area contributed by atoms with E-state index in [1.807, 2.05) is 6.92 Å². The summed E-state index contributed by atoms with van der Waals surface area (Å²) in [6.45, 7) is 1.90. The Balaban J connectivity index is 1.94. The smallest absolute Gasteiger partial charge is 0.269 e. The van der Waals surface area contributed by atoms with Gasteiger partial charge in [-0.05, 0) is 25.3 Å². The third-order valence-corrected chi connectivity index (χ3v) is 3.94. The number of carbonyl (C=O) groups is 1. The van der Waals surface area contributed by atoms with E-state index in [2.05, 4.69) is 5.32 Å². The number of nitrogens with zero attached hydrogens (tertiary/aromatic N) is 1. The molecule has 1 aromatic carbocycles. The van der Waals surface area contributed by atoms with Crippen LogP contribution >= 0.6 is 0 Å². The van der Waals surface area contributed by atoms with Gasteiger partial charge in [-0.2, -0.15) is 0 Å². The number of carbonyl (C=O) groups excluding carboxylic acids is 1. The molecule has 108 valence electrons. The number of nitro groups is 1. The molecule has 0 aromatic heterocycles. The van der Waals surface area contributed by atoms with E-state index < -0.39 is 4.92 Å². The molecular weight excluding hydrogens is 256 g/mol. The van der Waals surface area contributed by atoms with E-state index >= 15 is 0 Å². The van der Waals surface area contributed by atoms with Gasteiger partial charge in [-0.25, -0.2) is 0 Å². The maximum absolute atomic E-state index is 12.1. The van der Waals surface area contributed by atoms with Crippen LogP contribution in [0.15, 0.2) is 24.3 Å². The van der Waals surface area contributed by atoms with Crippen LogP contribution in [0, 0.1) is 16.0 Å². The zero-order chi connectivity index (χ0) is 14.5. The van der Waals surface area contributed by atoms with Gasteiger partial charge in [-0.15, -0.1) is 0 Å². The molecule has 0 bridgehead atoms. The van der Waals surface area contributed by atoms with Gasteiger partial charge in [-0.3, -0.25) is 14.9 Å². The predicted molar refractivity (Wildman–Crippen MR) is 76.2 cm³/mol. The maximum atomic E-state index is 12.1. The zero-order valence-electron chi connectivity index (χ0n) is 11.7. The van der Waals surface area contributed by atoms with Crippen molar-refractivity contribution in [1.82, 2.24) is 5.32 Å². The third-order valence-electron chi connectivity index (χ3n) is 3.94. The van der Waals surface area contributed by atoms with Crippen molar-refractivity contribution in [3.8, 4) is 0 Å². The highest BCUT2D eigenvalue weighted by Gasteiger charge is 2.22. The summed E-state index contributed by atoms with van der Waals surface area (Å²) < 4.78 is 0. The molecule has 5 heteroatoms. The SMILES string of the molecule is CC(NC(=O)C1CCCCC1)c1ccc([N+](=O)[O-])cc1. The molecule has 0 radical (unpaired) electrons. The molecule has 5 nitrogen and oxygen atoms in total. The molecular formula is C15H20N2O3. The topological polar surface area (TPSA) is 72.2 Å². The normalized spacial score (nSPS) is 17.4. The Morgan fingerprint density at radius 2 is 1.85 bits per heavy atom. The minimum Gasteiger partial charge on any atom is -0.349 e. The Morgan fingerprint density at radius 1 is 1.25 bits per heavy atom. The lowest BCUT2D eigenvalue weighted by molar-refractivity contribution is -0.384. The molecule has 1 saturated carbocycles. The zero-order valence-corrected chi connectivity index (χ0v) is 11.7. The monoisotopic (exact) mass is 276 g/mol. The van der Waals surface area contributed by atoms with Gasteiger partial charge in [0, 0.05) is 18.1 Å². The van der Waals surface area contributed by atoms with Crippen molar-refractivity contribution in [2.24, 2.45) is 5.92 Å². The van der Waals surface area contributed by atoms with Crippen LogP contribution in [0.4, 0.5) is 5.69 Å². The van der Waals surface area contributed by atoms with Crippen molar-refractivity contribution in [2.75, 3.05) is 0 Å². The Bertz CT molecular complexity index is 478. The average molecular weight is 276 g/mol. The van der Waals surface area contributed by atoms with Crippen molar-refractivity contribution >= 4 is 11.6 Å². The lowest BCUT2D eigenvalue weighted by Gasteiger charge is -2.23. The molecule has 1 fully saturated rings. The lowest BCUT2D eigenvalue weighted by atomic mass is 9.88. The highest BCUT2D eigenvalue weighted by molar-refractivity contribution is 5.79. The molecule has 0 aliphatic heterocycles. The molecule has 0 spiro atoms. The summed E-state index contributed by atoms with van der Waals surface area (Å²) >= 11 is 0. The van der Waals surface area contributed by atoms with Crippen LogP contribution in [-0.4, -0.2) is 10.8 Å². The second kappa shape index (κ2) is 6.50. The van der Waals surface area contributed by atoms with E-state index in [1.165, 1.54) is 18.6 Å².